The van der Waals surface area contributed by atoms with Gasteiger partial charge in [-0.3, -0.25) is 14.5 Å². The first-order valence-electron chi connectivity index (χ1n) is 6.47. The zero-order chi connectivity index (χ0) is 14.3. The number of aryl methyl sites for hydroxylation is 3. The number of carbonyl (C=O) groups excluding carboxylic acids is 1. The van der Waals surface area contributed by atoms with Gasteiger partial charge in [-0.25, -0.2) is 0 Å². The molecule has 0 aliphatic heterocycles. The summed E-state index contributed by atoms with van der Waals surface area (Å²) in [6.07, 6.45) is 1.76. The quantitative estimate of drug-likeness (QED) is 0.669. The number of hydrogen-bond acceptors (Lipinski definition) is 3. The van der Waals surface area contributed by atoms with Crippen molar-refractivity contribution >= 4 is 16.7 Å². The van der Waals surface area contributed by atoms with Crippen molar-refractivity contribution in [2.75, 3.05) is 0 Å². The number of aromatic nitrogens is 3. The van der Waals surface area contributed by atoms with Crippen LogP contribution in [0.1, 0.15) is 27.3 Å². The van der Waals surface area contributed by atoms with Crippen molar-refractivity contribution in [3.05, 3.63) is 59.0 Å². The summed E-state index contributed by atoms with van der Waals surface area (Å²) in [5.74, 6) is -0.00178. The van der Waals surface area contributed by atoms with E-state index in [9.17, 15) is 4.79 Å². The first-order valence-corrected chi connectivity index (χ1v) is 6.47. The minimum atomic E-state index is -0.00178. The predicted molar refractivity (Wildman–Crippen MR) is 77.9 cm³/mol. The Hall–Kier alpha value is -2.49. The van der Waals surface area contributed by atoms with E-state index in [-0.39, 0.29) is 5.78 Å². The van der Waals surface area contributed by atoms with Crippen molar-refractivity contribution < 1.29 is 4.79 Å². The SMILES string of the molecule is Cc1ccc2cc(C(=O)c3cn(C)nc3C)ccc2n1. The van der Waals surface area contributed by atoms with Crippen molar-refractivity contribution in [2.24, 2.45) is 7.05 Å². The second kappa shape index (κ2) is 4.56. The normalized spacial score (nSPS) is 10.9. The second-order valence-corrected chi connectivity index (χ2v) is 4.99. The van der Waals surface area contributed by atoms with Crippen LogP contribution >= 0.6 is 0 Å². The minimum Gasteiger partial charge on any atom is -0.288 e. The standard InChI is InChI=1S/C16H15N3O/c1-10-4-5-12-8-13(6-7-15(12)17-10)16(20)14-9-19(3)18-11(14)2/h4-9H,1-3H3. The Kier molecular flexibility index (Phi) is 2.86. The van der Waals surface area contributed by atoms with Gasteiger partial charge in [0.15, 0.2) is 5.78 Å². The molecule has 3 aromatic rings. The summed E-state index contributed by atoms with van der Waals surface area (Å²) < 4.78 is 1.66. The minimum absolute atomic E-state index is 0.00178. The van der Waals surface area contributed by atoms with Crippen LogP contribution in [0, 0.1) is 13.8 Å². The van der Waals surface area contributed by atoms with Crippen molar-refractivity contribution in [2.45, 2.75) is 13.8 Å². The van der Waals surface area contributed by atoms with Gasteiger partial charge in [0.25, 0.3) is 0 Å². The highest BCUT2D eigenvalue weighted by molar-refractivity contribution is 6.11. The Morgan fingerprint density at radius 1 is 1.15 bits per heavy atom. The number of pyridine rings is 1. The van der Waals surface area contributed by atoms with Crippen molar-refractivity contribution in [1.82, 2.24) is 14.8 Å². The molecule has 3 rings (SSSR count). The molecule has 0 bridgehead atoms. The van der Waals surface area contributed by atoms with Crippen LogP contribution in [-0.2, 0) is 7.05 Å². The van der Waals surface area contributed by atoms with E-state index in [1.54, 1.807) is 10.9 Å². The summed E-state index contributed by atoms with van der Waals surface area (Å²) >= 11 is 0. The van der Waals surface area contributed by atoms with Crippen molar-refractivity contribution in [3.8, 4) is 0 Å². The summed E-state index contributed by atoms with van der Waals surface area (Å²) in [5, 5.41) is 5.19. The number of benzene rings is 1. The molecule has 0 radical (unpaired) electrons. The van der Waals surface area contributed by atoms with Crippen LogP contribution in [0.3, 0.4) is 0 Å². The fourth-order valence-corrected chi connectivity index (χ4v) is 2.35. The molecule has 1 aromatic carbocycles. The maximum atomic E-state index is 12.5. The first-order chi connectivity index (χ1) is 9.54. The van der Waals surface area contributed by atoms with Crippen molar-refractivity contribution in [1.29, 1.82) is 0 Å². The average Bonchev–Trinajstić information content (AvgIpc) is 2.76. The maximum absolute atomic E-state index is 12.5. The highest BCUT2D eigenvalue weighted by Crippen LogP contribution is 2.18. The second-order valence-electron chi connectivity index (χ2n) is 4.99. The number of ketones is 1. The van der Waals surface area contributed by atoms with Crippen molar-refractivity contribution in [3.63, 3.8) is 0 Å². The Labute approximate surface area is 117 Å². The number of rotatable bonds is 2. The number of hydrogen-bond donors (Lipinski definition) is 0. The van der Waals surface area contributed by atoms with E-state index in [0.717, 1.165) is 22.3 Å². The highest BCUT2D eigenvalue weighted by atomic mass is 16.1. The Bertz CT molecular complexity index is 818. The molecule has 2 heterocycles. The van der Waals surface area contributed by atoms with Gasteiger partial charge in [0, 0.05) is 29.9 Å². The molecule has 0 saturated carbocycles. The van der Waals surface area contributed by atoms with Crippen LogP contribution in [0.4, 0.5) is 0 Å². The van der Waals surface area contributed by atoms with E-state index < -0.39 is 0 Å². The fourth-order valence-electron chi connectivity index (χ4n) is 2.35. The third-order valence-corrected chi connectivity index (χ3v) is 3.35. The molecule has 0 N–H and O–H groups in total. The van der Waals surface area contributed by atoms with Crippen LogP contribution in [0.5, 0.6) is 0 Å². The van der Waals surface area contributed by atoms with E-state index in [0.29, 0.717) is 11.1 Å². The van der Waals surface area contributed by atoms with Crippen LogP contribution < -0.4 is 0 Å². The van der Waals surface area contributed by atoms with Gasteiger partial charge in [0.05, 0.1) is 16.8 Å². The van der Waals surface area contributed by atoms with E-state index in [1.165, 1.54) is 0 Å². The van der Waals surface area contributed by atoms with E-state index in [4.69, 9.17) is 0 Å². The molecule has 0 atom stereocenters. The molecule has 0 aliphatic rings. The molecule has 4 nitrogen and oxygen atoms in total. The van der Waals surface area contributed by atoms with Gasteiger partial charge in [-0.2, -0.15) is 5.10 Å². The molecule has 0 spiro atoms. The third-order valence-electron chi connectivity index (χ3n) is 3.35. The zero-order valence-corrected chi connectivity index (χ0v) is 11.7. The summed E-state index contributed by atoms with van der Waals surface area (Å²) in [7, 11) is 1.82. The molecular weight excluding hydrogens is 250 g/mol. The molecule has 0 saturated heterocycles. The monoisotopic (exact) mass is 265 g/mol. The number of fused-ring (bicyclic) bond motifs is 1. The van der Waals surface area contributed by atoms with Crippen LogP contribution in [0.25, 0.3) is 10.9 Å². The summed E-state index contributed by atoms with van der Waals surface area (Å²) in [4.78, 5) is 17.0. The van der Waals surface area contributed by atoms with Gasteiger partial charge < -0.3 is 0 Å². The lowest BCUT2D eigenvalue weighted by molar-refractivity contribution is 0.103. The van der Waals surface area contributed by atoms with Gasteiger partial charge in [0.2, 0.25) is 0 Å². The summed E-state index contributed by atoms with van der Waals surface area (Å²) in [6, 6.07) is 9.54. The molecule has 20 heavy (non-hydrogen) atoms. The average molecular weight is 265 g/mol. The van der Waals surface area contributed by atoms with Crippen LogP contribution in [-0.4, -0.2) is 20.5 Å². The largest absolute Gasteiger partial charge is 0.288 e. The predicted octanol–water partition coefficient (Wildman–Crippen LogP) is 2.82. The molecule has 2 aromatic heterocycles. The molecule has 0 aliphatic carbocycles. The van der Waals surface area contributed by atoms with Gasteiger partial charge >= 0.3 is 0 Å². The molecule has 0 fully saturated rings. The lowest BCUT2D eigenvalue weighted by Crippen LogP contribution is -2.02. The lowest BCUT2D eigenvalue weighted by atomic mass is 10.0. The summed E-state index contributed by atoms with van der Waals surface area (Å²) in [6.45, 7) is 3.80. The third kappa shape index (κ3) is 2.09. The number of carbonyl (C=O) groups is 1. The van der Waals surface area contributed by atoms with Gasteiger partial charge in [-0.1, -0.05) is 6.07 Å². The lowest BCUT2D eigenvalue weighted by Gasteiger charge is -2.03. The summed E-state index contributed by atoms with van der Waals surface area (Å²) in [5.41, 5.74) is 3.94. The topological polar surface area (TPSA) is 47.8 Å². The van der Waals surface area contributed by atoms with Crippen LogP contribution in [0.15, 0.2) is 36.5 Å². The van der Waals surface area contributed by atoms with E-state index >= 15 is 0 Å². The maximum Gasteiger partial charge on any atom is 0.196 e. The highest BCUT2D eigenvalue weighted by Gasteiger charge is 2.15. The molecule has 100 valence electrons. The smallest absolute Gasteiger partial charge is 0.196 e. The molecule has 0 unspecified atom stereocenters. The Balaban J connectivity index is 2.08. The van der Waals surface area contributed by atoms with Gasteiger partial charge in [-0.15, -0.1) is 0 Å². The Morgan fingerprint density at radius 3 is 2.65 bits per heavy atom. The van der Waals surface area contributed by atoms with Gasteiger partial charge in [0.1, 0.15) is 0 Å². The molecule has 0 amide bonds. The molecule has 4 heteroatoms. The zero-order valence-electron chi connectivity index (χ0n) is 11.7. The first kappa shape index (κ1) is 12.5. The van der Waals surface area contributed by atoms with E-state index in [2.05, 4.69) is 10.1 Å². The van der Waals surface area contributed by atoms with Crippen LogP contribution in [0.2, 0.25) is 0 Å². The number of nitrogens with zero attached hydrogens (tertiary/aromatic N) is 3. The fraction of sp³-hybridized carbons (Fsp3) is 0.188. The Morgan fingerprint density at radius 2 is 1.95 bits per heavy atom. The van der Waals surface area contributed by atoms with E-state index in [1.807, 2.05) is 51.2 Å². The molecular formula is C16H15N3O. The van der Waals surface area contributed by atoms with Gasteiger partial charge in [-0.05, 0) is 38.1 Å².